The summed E-state index contributed by atoms with van der Waals surface area (Å²) in [6.07, 6.45) is 8.11. The lowest BCUT2D eigenvalue weighted by Crippen LogP contribution is -2.52. The van der Waals surface area contributed by atoms with Gasteiger partial charge in [0.2, 0.25) is 0 Å². The summed E-state index contributed by atoms with van der Waals surface area (Å²) in [5.41, 5.74) is 0.600. The van der Waals surface area contributed by atoms with Crippen molar-refractivity contribution in [2.45, 2.75) is 78.0 Å². The van der Waals surface area contributed by atoms with Gasteiger partial charge in [-0.1, -0.05) is 26.8 Å². The topological polar surface area (TPSA) is 27.7 Å². The first-order valence-electron chi connectivity index (χ1n) is 9.40. The summed E-state index contributed by atoms with van der Waals surface area (Å²) in [5, 5.41) is 0. The highest BCUT2D eigenvalue weighted by Crippen LogP contribution is 2.74. The maximum atomic E-state index is 6.38. The van der Waals surface area contributed by atoms with E-state index in [0.29, 0.717) is 23.4 Å². The van der Waals surface area contributed by atoms with Crippen molar-refractivity contribution in [1.82, 2.24) is 0 Å². The van der Waals surface area contributed by atoms with Crippen LogP contribution < -0.4 is 0 Å². The molecule has 1 spiro atoms. The average molecular weight is 320 g/mol. The van der Waals surface area contributed by atoms with Crippen molar-refractivity contribution in [3.8, 4) is 0 Å². The van der Waals surface area contributed by atoms with E-state index in [2.05, 4.69) is 34.3 Å². The Morgan fingerprint density at radius 3 is 2.70 bits per heavy atom. The second-order valence-electron chi connectivity index (χ2n) is 9.21. The van der Waals surface area contributed by atoms with Crippen LogP contribution in [0.15, 0.2) is 12.7 Å². The normalized spacial score (nSPS) is 53.1. The highest BCUT2D eigenvalue weighted by atomic mass is 16.9. The smallest absolute Gasteiger partial charge is 0.272 e. The van der Waals surface area contributed by atoms with E-state index in [1.807, 2.05) is 6.08 Å². The van der Waals surface area contributed by atoms with Gasteiger partial charge in [-0.25, -0.2) is 0 Å². The minimum atomic E-state index is -0.494. The quantitative estimate of drug-likeness (QED) is 0.563. The Labute approximate surface area is 140 Å². The lowest BCUT2D eigenvalue weighted by molar-refractivity contribution is -0.256. The molecular weight excluding hydrogens is 288 g/mol. The molecular formula is C20H32O3. The molecule has 2 bridgehead atoms. The molecule has 0 aromatic rings. The lowest BCUT2D eigenvalue weighted by Gasteiger charge is -2.46. The SMILES string of the molecule is C=CCCOC1O[C@H]2C[C@@]34C[C@H](C(C)(C)[C@@H]3CC[C@H]4C)[C@@]2(C)O1. The fourth-order valence-electron chi connectivity index (χ4n) is 6.85. The number of rotatable bonds is 4. The van der Waals surface area contributed by atoms with Gasteiger partial charge in [-0.15, -0.1) is 6.58 Å². The molecule has 4 fully saturated rings. The molecule has 4 rings (SSSR count). The predicted molar refractivity (Wildman–Crippen MR) is 89.7 cm³/mol. The summed E-state index contributed by atoms with van der Waals surface area (Å²) in [5.74, 6) is 2.20. The molecule has 7 atom stereocenters. The van der Waals surface area contributed by atoms with Crippen molar-refractivity contribution in [1.29, 1.82) is 0 Å². The van der Waals surface area contributed by atoms with Crippen molar-refractivity contribution in [2.24, 2.45) is 28.6 Å². The highest BCUT2D eigenvalue weighted by Gasteiger charge is 2.73. The van der Waals surface area contributed by atoms with Crippen LogP contribution in [0.25, 0.3) is 0 Å². The van der Waals surface area contributed by atoms with E-state index in [4.69, 9.17) is 14.2 Å². The summed E-state index contributed by atoms with van der Waals surface area (Å²) in [4.78, 5) is 0. The Bertz CT molecular complexity index is 501. The van der Waals surface area contributed by atoms with Crippen LogP contribution in [0.3, 0.4) is 0 Å². The van der Waals surface area contributed by atoms with Crippen molar-refractivity contribution >= 4 is 0 Å². The molecule has 23 heavy (non-hydrogen) atoms. The molecule has 0 aromatic heterocycles. The second kappa shape index (κ2) is 5.06. The molecule has 1 heterocycles. The molecule has 3 nitrogen and oxygen atoms in total. The van der Waals surface area contributed by atoms with E-state index in [-0.39, 0.29) is 11.7 Å². The minimum absolute atomic E-state index is 0.180. The monoisotopic (exact) mass is 320 g/mol. The van der Waals surface area contributed by atoms with Gasteiger partial charge in [-0.3, -0.25) is 0 Å². The molecule has 4 aliphatic rings. The van der Waals surface area contributed by atoms with Gasteiger partial charge >= 0.3 is 0 Å². The van der Waals surface area contributed by atoms with Gasteiger partial charge in [0.15, 0.2) is 0 Å². The number of fused-ring (bicyclic) bond motifs is 3. The van der Waals surface area contributed by atoms with Crippen LogP contribution >= 0.6 is 0 Å². The zero-order chi connectivity index (χ0) is 16.5. The molecule has 1 saturated heterocycles. The fourth-order valence-corrected chi connectivity index (χ4v) is 6.85. The second-order valence-corrected chi connectivity index (χ2v) is 9.21. The van der Waals surface area contributed by atoms with Crippen LogP contribution in [-0.4, -0.2) is 24.8 Å². The summed E-state index contributed by atoms with van der Waals surface area (Å²) < 4.78 is 18.4. The first-order chi connectivity index (χ1) is 10.8. The average Bonchev–Trinajstić information content (AvgIpc) is 3.04. The van der Waals surface area contributed by atoms with Crippen LogP contribution in [0.4, 0.5) is 0 Å². The summed E-state index contributed by atoms with van der Waals surface area (Å²) in [7, 11) is 0. The van der Waals surface area contributed by atoms with Crippen molar-refractivity contribution in [2.75, 3.05) is 6.61 Å². The highest BCUT2D eigenvalue weighted by molar-refractivity contribution is 5.21. The fraction of sp³-hybridized carbons (Fsp3) is 0.900. The molecule has 0 radical (unpaired) electrons. The maximum Gasteiger partial charge on any atom is 0.272 e. The Balaban J connectivity index is 1.61. The van der Waals surface area contributed by atoms with Gasteiger partial charge in [0.25, 0.3) is 6.48 Å². The first-order valence-corrected chi connectivity index (χ1v) is 9.40. The van der Waals surface area contributed by atoms with E-state index in [0.717, 1.165) is 24.7 Å². The third kappa shape index (κ3) is 1.99. The largest absolute Gasteiger partial charge is 0.330 e. The van der Waals surface area contributed by atoms with E-state index < -0.39 is 6.48 Å². The molecule has 3 aliphatic carbocycles. The van der Waals surface area contributed by atoms with Gasteiger partial charge in [0.1, 0.15) is 5.60 Å². The maximum absolute atomic E-state index is 6.38. The van der Waals surface area contributed by atoms with Crippen molar-refractivity contribution < 1.29 is 14.2 Å². The lowest BCUT2D eigenvalue weighted by atomic mass is 9.63. The van der Waals surface area contributed by atoms with Gasteiger partial charge in [0, 0.05) is 0 Å². The van der Waals surface area contributed by atoms with Gasteiger partial charge in [-0.05, 0) is 67.6 Å². The first kappa shape index (κ1) is 16.1. The standard InChI is InChI=1S/C20H32O3/c1-6-7-10-21-17-22-16-12-20-11-15(19(16,5)23-17)18(3,4)14(20)9-8-13(20)2/h6,13-17H,1,7-12H2,2-5H3/t13-,14+,15-,16+,17?,19-,20-/m1/s1. The molecule has 0 aromatic carbocycles. The summed E-state index contributed by atoms with van der Waals surface area (Å²) in [6, 6.07) is 0. The molecule has 130 valence electrons. The minimum Gasteiger partial charge on any atom is -0.330 e. The van der Waals surface area contributed by atoms with Crippen LogP contribution in [0.5, 0.6) is 0 Å². The molecule has 1 aliphatic heterocycles. The van der Waals surface area contributed by atoms with Crippen LogP contribution in [0.1, 0.15) is 59.8 Å². The Kier molecular flexibility index (Phi) is 3.54. The van der Waals surface area contributed by atoms with Gasteiger partial charge in [-0.2, -0.15) is 0 Å². The molecule has 0 amide bonds. The Morgan fingerprint density at radius 2 is 1.96 bits per heavy atom. The van der Waals surface area contributed by atoms with E-state index in [1.54, 1.807) is 0 Å². The van der Waals surface area contributed by atoms with Gasteiger partial charge < -0.3 is 14.2 Å². The van der Waals surface area contributed by atoms with Crippen LogP contribution in [0, 0.1) is 28.6 Å². The van der Waals surface area contributed by atoms with Crippen molar-refractivity contribution in [3.63, 3.8) is 0 Å². The summed E-state index contributed by atoms with van der Waals surface area (Å²) in [6.45, 7) is 13.6. The molecule has 3 saturated carbocycles. The Hall–Kier alpha value is -0.380. The predicted octanol–water partition coefficient (Wildman–Crippen LogP) is 4.52. The molecule has 1 unspecified atom stereocenters. The molecule has 0 N–H and O–H groups in total. The zero-order valence-electron chi connectivity index (χ0n) is 15.1. The third-order valence-corrected chi connectivity index (χ3v) is 8.04. The Morgan fingerprint density at radius 1 is 1.17 bits per heavy atom. The number of hydrogen-bond acceptors (Lipinski definition) is 3. The van der Waals surface area contributed by atoms with E-state index in [1.165, 1.54) is 19.3 Å². The zero-order valence-corrected chi connectivity index (χ0v) is 15.1. The third-order valence-electron chi connectivity index (χ3n) is 8.04. The van der Waals surface area contributed by atoms with Crippen molar-refractivity contribution in [3.05, 3.63) is 12.7 Å². The van der Waals surface area contributed by atoms with Crippen LogP contribution in [-0.2, 0) is 14.2 Å². The number of hydrogen-bond donors (Lipinski definition) is 0. The van der Waals surface area contributed by atoms with Crippen LogP contribution in [0.2, 0.25) is 0 Å². The summed E-state index contributed by atoms with van der Waals surface area (Å²) >= 11 is 0. The number of ether oxygens (including phenoxy) is 3. The van der Waals surface area contributed by atoms with E-state index >= 15 is 0 Å². The van der Waals surface area contributed by atoms with E-state index in [9.17, 15) is 0 Å². The molecule has 3 heteroatoms. The van der Waals surface area contributed by atoms with Gasteiger partial charge in [0.05, 0.1) is 12.7 Å².